The molecule has 1 amide bonds. The first-order chi connectivity index (χ1) is 17.8. The number of hydrogen-bond donors (Lipinski definition) is 1. The lowest BCUT2D eigenvalue weighted by Crippen LogP contribution is -2.20. The molecule has 4 aromatic rings. The van der Waals surface area contributed by atoms with Crippen molar-refractivity contribution in [1.82, 2.24) is 4.57 Å². The molecular formula is C26H26ClN3O5S2. The number of amides is 1. The Labute approximate surface area is 224 Å². The van der Waals surface area contributed by atoms with Crippen molar-refractivity contribution in [2.24, 2.45) is 4.99 Å². The van der Waals surface area contributed by atoms with Crippen molar-refractivity contribution in [3.8, 4) is 5.75 Å². The van der Waals surface area contributed by atoms with Crippen molar-refractivity contribution in [2.75, 3.05) is 24.5 Å². The molecule has 0 radical (unpaired) electrons. The number of carbonyl (C=O) groups is 1. The molecule has 11 heteroatoms. The minimum absolute atomic E-state index is 0.0605. The fourth-order valence-electron chi connectivity index (χ4n) is 3.61. The van der Waals surface area contributed by atoms with Crippen molar-refractivity contribution in [1.29, 1.82) is 0 Å². The van der Waals surface area contributed by atoms with Crippen LogP contribution in [-0.4, -0.2) is 38.7 Å². The SMILES string of the molecule is CCOCCn1c(=NC(=O)c2cccc(NS(=O)(=O)c3ccc(Cl)cc3)c2)sc2cc(OCC)ccc21. The third-order valence-corrected chi connectivity index (χ3v) is 8.00. The number of nitrogens with zero attached hydrogens (tertiary/aromatic N) is 2. The van der Waals surface area contributed by atoms with Gasteiger partial charge in [0.25, 0.3) is 15.9 Å². The molecule has 0 aliphatic rings. The maximum atomic E-state index is 13.1. The van der Waals surface area contributed by atoms with Crippen LogP contribution in [-0.2, 0) is 21.3 Å². The van der Waals surface area contributed by atoms with Crippen molar-refractivity contribution >= 4 is 54.8 Å². The molecule has 0 unspecified atom stereocenters. The van der Waals surface area contributed by atoms with E-state index < -0.39 is 15.9 Å². The van der Waals surface area contributed by atoms with Gasteiger partial charge in [-0.3, -0.25) is 9.52 Å². The number of benzene rings is 3. The van der Waals surface area contributed by atoms with Gasteiger partial charge in [0, 0.05) is 29.4 Å². The van der Waals surface area contributed by atoms with Crippen molar-refractivity contribution < 1.29 is 22.7 Å². The largest absolute Gasteiger partial charge is 0.494 e. The maximum Gasteiger partial charge on any atom is 0.279 e. The number of anilines is 1. The zero-order valence-corrected chi connectivity index (χ0v) is 22.7. The lowest BCUT2D eigenvalue weighted by Gasteiger charge is -2.09. The van der Waals surface area contributed by atoms with Gasteiger partial charge in [-0.2, -0.15) is 4.99 Å². The Balaban J connectivity index is 1.66. The lowest BCUT2D eigenvalue weighted by molar-refractivity contribution is 0.0996. The number of nitrogens with one attached hydrogen (secondary N) is 1. The van der Waals surface area contributed by atoms with E-state index in [0.717, 1.165) is 16.0 Å². The van der Waals surface area contributed by atoms with Crippen molar-refractivity contribution in [2.45, 2.75) is 25.3 Å². The van der Waals surface area contributed by atoms with Gasteiger partial charge in [0.05, 0.1) is 28.3 Å². The van der Waals surface area contributed by atoms with Crippen LogP contribution in [0.5, 0.6) is 5.75 Å². The third-order valence-electron chi connectivity index (χ3n) is 5.31. The fourth-order valence-corrected chi connectivity index (χ4v) is 5.86. The number of ether oxygens (including phenoxy) is 2. The molecule has 1 N–H and O–H groups in total. The molecule has 1 aromatic heterocycles. The molecule has 0 atom stereocenters. The number of hydrogen-bond acceptors (Lipinski definition) is 6. The molecule has 0 aliphatic carbocycles. The minimum Gasteiger partial charge on any atom is -0.494 e. The summed E-state index contributed by atoms with van der Waals surface area (Å²) < 4.78 is 42.0. The lowest BCUT2D eigenvalue weighted by atomic mass is 10.2. The number of thiazole rings is 1. The summed E-state index contributed by atoms with van der Waals surface area (Å²) in [7, 11) is -3.86. The molecule has 3 aromatic carbocycles. The summed E-state index contributed by atoms with van der Waals surface area (Å²) in [4.78, 5) is 18.1. The highest BCUT2D eigenvalue weighted by molar-refractivity contribution is 7.92. The third kappa shape index (κ3) is 6.58. The summed E-state index contributed by atoms with van der Waals surface area (Å²) in [5.74, 6) is 0.251. The molecule has 37 heavy (non-hydrogen) atoms. The number of carbonyl (C=O) groups excluding carboxylic acids is 1. The van der Waals surface area contributed by atoms with Crippen LogP contribution in [0, 0.1) is 0 Å². The number of sulfonamides is 1. The summed E-state index contributed by atoms with van der Waals surface area (Å²) in [6, 6.07) is 17.8. The van der Waals surface area contributed by atoms with Gasteiger partial charge in [-0.25, -0.2) is 8.42 Å². The van der Waals surface area contributed by atoms with Gasteiger partial charge in [0.2, 0.25) is 0 Å². The highest BCUT2D eigenvalue weighted by Gasteiger charge is 2.16. The first kappa shape index (κ1) is 26.9. The average molecular weight is 560 g/mol. The number of rotatable bonds is 10. The van der Waals surface area contributed by atoms with Crippen LogP contribution >= 0.6 is 22.9 Å². The van der Waals surface area contributed by atoms with Crippen LogP contribution in [0.4, 0.5) is 5.69 Å². The Morgan fingerprint density at radius 3 is 2.57 bits per heavy atom. The van der Waals surface area contributed by atoms with Crippen LogP contribution < -0.4 is 14.3 Å². The summed E-state index contributed by atoms with van der Waals surface area (Å²) in [5.41, 5.74) is 1.42. The molecule has 0 fully saturated rings. The number of aromatic nitrogens is 1. The number of fused-ring (bicyclic) bond motifs is 1. The molecule has 4 rings (SSSR count). The van der Waals surface area contributed by atoms with Gasteiger partial charge in [-0.15, -0.1) is 0 Å². The van der Waals surface area contributed by atoms with E-state index in [-0.39, 0.29) is 16.1 Å². The van der Waals surface area contributed by atoms with E-state index in [1.807, 2.05) is 36.6 Å². The standard InChI is InChI=1S/C26H26ClN3O5S2/c1-3-34-15-14-30-23-13-10-21(35-4-2)17-24(23)36-26(30)28-25(31)18-6-5-7-20(16-18)29-37(32,33)22-11-8-19(27)9-12-22/h5-13,16-17,29H,3-4,14-15H2,1-2H3. The molecule has 8 nitrogen and oxygen atoms in total. The Kier molecular flexibility index (Phi) is 8.65. The van der Waals surface area contributed by atoms with Crippen molar-refractivity contribution in [3.05, 3.63) is 82.1 Å². The second-order valence-electron chi connectivity index (χ2n) is 7.85. The van der Waals surface area contributed by atoms with Gasteiger partial charge in [-0.1, -0.05) is 29.0 Å². The molecule has 0 saturated carbocycles. The van der Waals surface area contributed by atoms with Crippen LogP contribution in [0.3, 0.4) is 0 Å². The monoisotopic (exact) mass is 559 g/mol. The highest BCUT2D eigenvalue weighted by Crippen LogP contribution is 2.24. The van der Waals surface area contributed by atoms with Gasteiger partial charge in [0.1, 0.15) is 5.75 Å². The Bertz CT molecular complexity index is 1580. The van der Waals surface area contributed by atoms with E-state index in [1.54, 1.807) is 18.2 Å². The Morgan fingerprint density at radius 2 is 1.84 bits per heavy atom. The molecular weight excluding hydrogens is 534 g/mol. The molecule has 0 saturated heterocycles. The van der Waals surface area contributed by atoms with E-state index in [2.05, 4.69) is 9.71 Å². The molecule has 0 aliphatic heterocycles. The second kappa shape index (κ2) is 11.9. The molecule has 194 valence electrons. The van der Waals surface area contributed by atoms with E-state index in [4.69, 9.17) is 21.1 Å². The smallest absolute Gasteiger partial charge is 0.279 e. The van der Waals surface area contributed by atoms with Crippen LogP contribution in [0.2, 0.25) is 5.02 Å². The Morgan fingerprint density at radius 1 is 1.05 bits per heavy atom. The van der Waals surface area contributed by atoms with Crippen LogP contribution in [0.15, 0.2) is 76.6 Å². The van der Waals surface area contributed by atoms with Gasteiger partial charge < -0.3 is 14.0 Å². The van der Waals surface area contributed by atoms with Crippen LogP contribution in [0.1, 0.15) is 24.2 Å². The summed E-state index contributed by atoms with van der Waals surface area (Å²) in [6.45, 7) is 5.97. The molecule has 1 heterocycles. The summed E-state index contributed by atoms with van der Waals surface area (Å²) in [5, 5.41) is 0.432. The van der Waals surface area contributed by atoms with Gasteiger partial charge in [0.15, 0.2) is 4.80 Å². The van der Waals surface area contributed by atoms with Crippen LogP contribution in [0.25, 0.3) is 10.2 Å². The first-order valence-corrected chi connectivity index (χ1v) is 14.3. The van der Waals surface area contributed by atoms with Crippen molar-refractivity contribution in [3.63, 3.8) is 0 Å². The first-order valence-electron chi connectivity index (χ1n) is 11.6. The van der Waals surface area contributed by atoms with E-state index in [0.29, 0.717) is 36.2 Å². The predicted octanol–water partition coefficient (Wildman–Crippen LogP) is 5.33. The van der Waals surface area contributed by atoms with E-state index in [1.165, 1.54) is 41.7 Å². The summed E-state index contributed by atoms with van der Waals surface area (Å²) in [6.07, 6.45) is 0. The predicted molar refractivity (Wildman–Crippen MR) is 146 cm³/mol. The summed E-state index contributed by atoms with van der Waals surface area (Å²) >= 11 is 7.24. The van der Waals surface area contributed by atoms with Gasteiger partial charge >= 0.3 is 0 Å². The zero-order chi connectivity index (χ0) is 26.4. The Hall–Kier alpha value is -3.18. The minimum atomic E-state index is -3.86. The zero-order valence-electron chi connectivity index (χ0n) is 20.3. The highest BCUT2D eigenvalue weighted by atomic mass is 35.5. The topological polar surface area (TPSA) is 99.0 Å². The van der Waals surface area contributed by atoms with Gasteiger partial charge in [-0.05, 0) is 74.5 Å². The number of halogens is 1. The maximum absolute atomic E-state index is 13.1. The average Bonchev–Trinajstić information content (AvgIpc) is 3.20. The van der Waals surface area contributed by atoms with E-state index in [9.17, 15) is 13.2 Å². The fraction of sp³-hybridized carbons (Fsp3) is 0.231. The second-order valence-corrected chi connectivity index (χ2v) is 11.0. The molecule has 0 bridgehead atoms. The van der Waals surface area contributed by atoms with E-state index >= 15 is 0 Å². The quantitative estimate of drug-likeness (QED) is 0.265. The molecule has 0 spiro atoms. The normalized spacial score (nSPS) is 12.1.